The third-order valence-electron chi connectivity index (χ3n) is 5.33. The highest BCUT2D eigenvalue weighted by Crippen LogP contribution is 2.30. The van der Waals surface area contributed by atoms with E-state index in [4.69, 9.17) is 4.74 Å². The van der Waals surface area contributed by atoms with E-state index >= 15 is 0 Å². The Morgan fingerprint density at radius 2 is 1.86 bits per heavy atom. The zero-order valence-electron chi connectivity index (χ0n) is 16.8. The van der Waals surface area contributed by atoms with E-state index in [1.54, 1.807) is 0 Å². The van der Waals surface area contributed by atoms with E-state index in [0.717, 1.165) is 36.3 Å². The van der Waals surface area contributed by atoms with Crippen LogP contribution in [0.2, 0.25) is 0 Å². The molecule has 1 N–H and O–H groups in total. The molecule has 0 bridgehead atoms. The molecule has 29 heavy (non-hydrogen) atoms. The number of nitrogens with zero attached hydrogens (tertiary/aromatic N) is 3. The van der Waals surface area contributed by atoms with E-state index in [2.05, 4.69) is 35.3 Å². The zero-order valence-corrected chi connectivity index (χ0v) is 16.8. The maximum Gasteiger partial charge on any atom is 0.225 e. The number of amidine groups is 1. The fraction of sp³-hybridized carbons (Fsp3) is 0.250. The zero-order chi connectivity index (χ0) is 20.2. The Bertz CT molecular complexity index is 1050. The SMILES string of the molecule is Cc1ccc(/C(=N/O)N2CCCc3ccccc32)c(OCc2ccccc2C)n1. The van der Waals surface area contributed by atoms with Gasteiger partial charge in [0, 0.05) is 17.9 Å². The van der Waals surface area contributed by atoms with Crippen molar-refractivity contribution in [1.82, 2.24) is 4.98 Å². The van der Waals surface area contributed by atoms with Crippen LogP contribution in [0.4, 0.5) is 5.69 Å². The molecule has 1 aliphatic rings. The molecule has 0 saturated heterocycles. The minimum atomic E-state index is 0.408. The molecule has 2 heterocycles. The van der Waals surface area contributed by atoms with Gasteiger partial charge in [-0.1, -0.05) is 47.6 Å². The molecule has 0 spiro atoms. The van der Waals surface area contributed by atoms with Gasteiger partial charge in [0.1, 0.15) is 6.61 Å². The van der Waals surface area contributed by atoms with Gasteiger partial charge in [0.15, 0.2) is 5.84 Å². The average molecular weight is 387 g/mol. The van der Waals surface area contributed by atoms with Crippen LogP contribution in [0.15, 0.2) is 65.8 Å². The first-order valence-electron chi connectivity index (χ1n) is 9.90. The van der Waals surface area contributed by atoms with Crippen molar-refractivity contribution in [3.63, 3.8) is 0 Å². The molecule has 2 aromatic carbocycles. The summed E-state index contributed by atoms with van der Waals surface area (Å²) in [6.07, 6.45) is 2.02. The van der Waals surface area contributed by atoms with Gasteiger partial charge >= 0.3 is 0 Å². The standard InChI is InChI=1S/C24H25N3O2/c1-17-8-3-4-10-20(17)16-29-24-21(14-13-18(2)25-24)23(26-28)27-15-7-11-19-9-5-6-12-22(19)27/h3-6,8-10,12-14,28H,7,11,15-16H2,1-2H3/b26-23-. The van der Waals surface area contributed by atoms with Crippen molar-refractivity contribution in [2.45, 2.75) is 33.3 Å². The van der Waals surface area contributed by atoms with Gasteiger partial charge in [0.05, 0.1) is 5.56 Å². The lowest BCUT2D eigenvalue weighted by Crippen LogP contribution is -2.36. The molecular formula is C24H25N3O2. The monoisotopic (exact) mass is 387 g/mol. The van der Waals surface area contributed by atoms with Gasteiger partial charge in [0.25, 0.3) is 0 Å². The number of rotatable bonds is 4. The Morgan fingerprint density at radius 1 is 1.07 bits per heavy atom. The summed E-state index contributed by atoms with van der Waals surface area (Å²) < 4.78 is 6.12. The number of anilines is 1. The molecule has 0 atom stereocenters. The molecule has 0 saturated carbocycles. The second kappa shape index (κ2) is 8.35. The number of pyridine rings is 1. The average Bonchev–Trinajstić information content (AvgIpc) is 2.75. The van der Waals surface area contributed by atoms with Crippen LogP contribution >= 0.6 is 0 Å². The van der Waals surface area contributed by atoms with E-state index in [0.29, 0.717) is 23.9 Å². The third kappa shape index (κ3) is 3.94. The molecule has 0 fully saturated rings. The minimum Gasteiger partial charge on any atom is -0.472 e. The summed E-state index contributed by atoms with van der Waals surface area (Å²) in [5, 5.41) is 13.6. The van der Waals surface area contributed by atoms with Crippen molar-refractivity contribution < 1.29 is 9.94 Å². The molecule has 0 radical (unpaired) electrons. The summed E-state index contributed by atoms with van der Waals surface area (Å²) in [7, 11) is 0. The first-order valence-corrected chi connectivity index (χ1v) is 9.90. The van der Waals surface area contributed by atoms with Crippen LogP contribution in [0.25, 0.3) is 0 Å². The summed E-state index contributed by atoms with van der Waals surface area (Å²) in [4.78, 5) is 6.64. The Kier molecular flexibility index (Phi) is 5.47. The molecule has 4 rings (SSSR count). The van der Waals surface area contributed by atoms with Crippen LogP contribution in [0.3, 0.4) is 0 Å². The van der Waals surface area contributed by atoms with Gasteiger partial charge in [-0.05, 0) is 61.6 Å². The van der Waals surface area contributed by atoms with E-state index in [1.165, 1.54) is 11.1 Å². The maximum atomic E-state index is 9.94. The van der Waals surface area contributed by atoms with Crippen LogP contribution in [-0.2, 0) is 13.0 Å². The molecule has 0 amide bonds. The number of ether oxygens (including phenoxy) is 1. The molecule has 5 nitrogen and oxygen atoms in total. The van der Waals surface area contributed by atoms with Crippen LogP contribution in [0.1, 0.15) is 34.4 Å². The molecule has 1 aliphatic heterocycles. The smallest absolute Gasteiger partial charge is 0.225 e. The number of hydrogen-bond donors (Lipinski definition) is 1. The first kappa shape index (κ1) is 19.0. The highest BCUT2D eigenvalue weighted by Gasteiger charge is 2.25. The molecule has 0 unspecified atom stereocenters. The largest absolute Gasteiger partial charge is 0.472 e. The lowest BCUT2D eigenvalue weighted by Gasteiger charge is -2.31. The summed E-state index contributed by atoms with van der Waals surface area (Å²) in [5.74, 6) is 0.938. The highest BCUT2D eigenvalue weighted by molar-refractivity contribution is 6.11. The number of aromatic nitrogens is 1. The predicted octanol–water partition coefficient (Wildman–Crippen LogP) is 4.87. The molecular weight excluding hydrogens is 362 g/mol. The quantitative estimate of drug-likeness (QED) is 0.300. The molecule has 148 valence electrons. The van der Waals surface area contributed by atoms with Gasteiger partial charge in [-0.3, -0.25) is 0 Å². The van der Waals surface area contributed by atoms with E-state index in [1.807, 2.05) is 54.3 Å². The van der Waals surface area contributed by atoms with Crippen molar-refractivity contribution >= 4 is 11.5 Å². The van der Waals surface area contributed by atoms with Crippen LogP contribution in [0, 0.1) is 13.8 Å². The lowest BCUT2D eigenvalue weighted by molar-refractivity contribution is 0.290. The molecule has 3 aromatic rings. The number of aryl methyl sites for hydroxylation is 3. The second-order valence-electron chi connectivity index (χ2n) is 7.33. The fourth-order valence-corrected chi connectivity index (χ4v) is 3.74. The van der Waals surface area contributed by atoms with Gasteiger partial charge in [-0.15, -0.1) is 0 Å². The molecule has 1 aromatic heterocycles. The first-order chi connectivity index (χ1) is 14.2. The topological polar surface area (TPSA) is 58.0 Å². The Hall–Kier alpha value is -3.34. The van der Waals surface area contributed by atoms with Crippen molar-refractivity contribution in [3.8, 4) is 5.88 Å². The Balaban J connectivity index is 1.68. The van der Waals surface area contributed by atoms with Crippen molar-refractivity contribution in [2.75, 3.05) is 11.4 Å². The number of hydrogen-bond acceptors (Lipinski definition) is 4. The van der Waals surface area contributed by atoms with E-state index in [-0.39, 0.29) is 0 Å². The van der Waals surface area contributed by atoms with E-state index in [9.17, 15) is 5.21 Å². The second-order valence-corrected chi connectivity index (χ2v) is 7.33. The van der Waals surface area contributed by atoms with Crippen LogP contribution < -0.4 is 9.64 Å². The number of oxime groups is 1. The Labute approximate surface area is 171 Å². The summed E-state index contributed by atoms with van der Waals surface area (Å²) >= 11 is 0. The Morgan fingerprint density at radius 3 is 2.69 bits per heavy atom. The maximum absolute atomic E-state index is 9.94. The van der Waals surface area contributed by atoms with Gasteiger partial charge in [0.2, 0.25) is 5.88 Å². The summed E-state index contributed by atoms with van der Waals surface area (Å²) in [6, 6.07) is 20.2. The van der Waals surface area contributed by atoms with Gasteiger partial charge in [-0.2, -0.15) is 0 Å². The predicted molar refractivity (Wildman–Crippen MR) is 115 cm³/mol. The highest BCUT2D eigenvalue weighted by atomic mass is 16.5. The van der Waals surface area contributed by atoms with Crippen molar-refractivity contribution in [1.29, 1.82) is 0 Å². The summed E-state index contributed by atoms with van der Waals surface area (Å²) in [5.41, 5.74) is 6.13. The molecule has 5 heteroatoms. The number of fused-ring (bicyclic) bond motifs is 1. The van der Waals surface area contributed by atoms with Gasteiger partial charge < -0.3 is 14.8 Å². The fourth-order valence-electron chi connectivity index (χ4n) is 3.74. The van der Waals surface area contributed by atoms with Crippen LogP contribution in [-0.4, -0.2) is 22.6 Å². The van der Waals surface area contributed by atoms with Crippen molar-refractivity contribution in [3.05, 3.63) is 88.6 Å². The molecule has 0 aliphatic carbocycles. The number of benzene rings is 2. The third-order valence-corrected chi connectivity index (χ3v) is 5.33. The normalized spacial score (nSPS) is 13.9. The number of para-hydroxylation sites is 1. The van der Waals surface area contributed by atoms with Crippen molar-refractivity contribution in [2.24, 2.45) is 5.16 Å². The van der Waals surface area contributed by atoms with E-state index < -0.39 is 0 Å². The lowest BCUT2D eigenvalue weighted by atomic mass is 10.0. The van der Waals surface area contributed by atoms with Gasteiger partial charge in [-0.25, -0.2) is 4.98 Å². The minimum absolute atomic E-state index is 0.408. The summed E-state index contributed by atoms with van der Waals surface area (Å²) in [6.45, 7) is 5.18. The van der Waals surface area contributed by atoms with Crippen LogP contribution in [0.5, 0.6) is 5.88 Å².